The smallest absolute Gasteiger partial charge is 0.416 e. The Morgan fingerprint density at radius 3 is 2.30 bits per heavy atom. The Balaban J connectivity index is 1.63. The first kappa shape index (κ1) is 33.0. The fraction of sp³-hybridized carbons (Fsp3) is 0.344. The van der Waals surface area contributed by atoms with Gasteiger partial charge in [-0.3, -0.25) is 9.59 Å². The third kappa shape index (κ3) is 9.30. The van der Waals surface area contributed by atoms with Gasteiger partial charge in [-0.25, -0.2) is 4.99 Å². The highest BCUT2D eigenvalue weighted by atomic mass is 79.9. The number of aliphatic imine (C=N–C) groups is 1. The van der Waals surface area contributed by atoms with Crippen LogP contribution in [0.3, 0.4) is 0 Å². The number of carbonyl (C=O) groups is 2. The molecule has 0 heterocycles. The van der Waals surface area contributed by atoms with Gasteiger partial charge in [-0.15, -0.1) is 0 Å². The number of carbonyl (C=O) groups excluding carboxylic acids is 1. The number of nitrogens with zero attached hydrogens (tertiary/aromatic N) is 2. The molecule has 1 aliphatic rings. The summed E-state index contributed by atoms with van der Waals surface area (Å²) in [5, 5.41) is 14.4. The average Bonchev–Trinajstić information content (AvgIpc) is 2.99. The lowest BCUT2D eigenvalue weighted by Crippen LogP contribution is -2.37. The molecule has 1 aliphatic carbocycles. The molecule has 0 spiro atoms. The van der Waals surface area contributed by atoms with Gasteiger partial charge in [0.2, 0.25) is 5.96 Å². The van der Waals surface area contributed by atoms with E-state index in [9.17, 15) is 22.8 Å². The van der Waals surface area contributed by atoms with Gasteiger partial charge in [0.1, 0.15) is 0 Å². The summed E-state index contributed by atoms with van der Waals surface area (Å²) < 4.78 is 40.9. The van der Waals surface area contributed by atoms with Crippen molar-refractivity contribution in [1.29, 1.82) is 0 Å². The Morgan fingerprint density at radius 1 is 1.00 bits per heavy atom. The molecule has 234 valence electrons. The fourth-order valence-corrected chi connectivity index (χ4v) is 5.71. The van der Waals surface area contributed by atoms with E-state index in [1.165, 1.54) is 30.9 Å². The van der Waals surface area contributed by atoms with Gasteiger partial charge in [0.25, 0.3) is 5.91 Å². The lowest BCUT2D eigenvalue weighted by atomic mass is 9.84. The second kappa shape index (κ2) is 15.2. The van der Waals surface area contributed by atoms with Crippen LogP contribution in [0.25, 0.3) is 0 Å². The molecule has 0 aliphatic heterocycles. The van der Waals surface area contributed by atoms with Gasteiger partial charge in [-0.1, -0.05) is 59.5 Å². The average molecular weight is 675 g/mol. The maximum Gasteiger partial charge on any atom is 0.416 e. The van der Waals surface area contributed by atoms with E-state index >= 15 is 0 Å². The maximum atomic E-state index is 13.6. The molecule has 0 saturated heterocycles. The molecule has 44 heavy (non-hydrogen) atoms. The normalized spacial score (nSPS) is 14.2. The summed E-state index contributed by atoms with van der Waals surface area (Å²) in [5.41, 5.74) is 8.35. The minimum absolute atomic E-state index is 0.0107. The van der Waals surface area contributed by atoms with Crippen LogP contribution >= 0.6 is 15.9 Å². The van der Waals surface area contributed by atoms with Gasteiger partial charge >= 0.3 is 12.1 Å². The lowest BCUT2D eigenvalue weighted by Gasteiger charge is -2.28. The third-order valence-electron chi connectivity index (χ3n) is 7.44. The van der Waals surface area contributed by atoms with Gasteiger partial charge < -0.3 is 26.4 Å². The highest BCUT2D eigenvalue weighted by Crippen LogP contribution is 2.35. The number of halogens is 4. The number of nitrogens with one attached hydrogen (secondary N) is 2. The number of anilines is 2. The Hall–Kier alpha value is -3.90. The minimum atomic E-state index is -4.54. The number of benzene rings is 3. The van der Waals surface area contributed by atoms with Crippen LogP contribution in [0.1, 0.15) is 71.5 Å². The molecule has 3 aromatic carbocycles. The van der Waals surface area contributed by atoms with Crippen LogP contribution in [0.5, 0.6) is 0 Å². The molecule has 0 atom stereocenters. The van der Waals surface area contributed by atoms with E-state index in [-0.39, 0.29) is 42.3 Å². The van der Waals surface area contributed by atoms with E-state index in [0.717, 1.165) is 36.2 Å². The number of carboxylic acid groups (broad SMARTS) is 1. The van der Waals surface area contributed by atoms with Gasteiger partial charge in [-0.2, -0.15) is 13.2 Å². The number of aliphatic carboxylic acids is 1. The van der Waals surface area contributed by atoms with E-state index in [1.807, 2.05) is 17.0 Å². The number of rotatable bonds is 10. The summed E-state index contributed by atoms with van der Waals surface area (Å²) in [6, 6.07) is 18.5. The van der Waals surface area contributed by atoms with Crippen LogP contribution in [-0.4, -0.2) is 36.2 Å². The number of hydrogen-bond donors (Lipinski definition) is 4. The molecular weight excluding hydrogens is 639 g/mol. The molecule has 1 fully saturated rings. The Bertz CT molecular complexity index is 1460. The molecule has 8 nitrogen and oxygen atoms in total. The van der Waals surface area contributed by atoms with Crippen LogP contribution in [0.2, 0.25) is 0 Å². The first-order valence-electron chi connectivity index (χ1n) is 14.4. The first-order valence-corrected chi connectivity index (χ1v) is 15.2. The summed E-state index contributed by atoms with van der Waals surface area (Å²) in [7, 11) is 0. The SMILES string of the molecule is NC/N=C(/Nc1cc(Br)cc(C(F)(F)F)c1)N(Cc1ccc(C(=O)NCCC(=O)O)cc1)c1ccc(C2CCCCC2)cc1. The van der Waals surface area contributed by atoms with Gasteiger partial charge in [-0.05, 0) is 72.4 Å². The van der Waals surface area contributed by atoms with Crippen LogP contribution in [0, 0.1) is 0 Å². The maximum absolute atomic E-state index is 13.6. The summed E-state index contributed by atoms with van der Waals surface area (Å²) in [5.74, 6) is -0.651. The van der Waals surface area contributed by atoms with Crippen LogP contribution in [-0.2, 0) is 17.5 Å². The van der Waals surface area contributed by atoms with Crippen molar-refractivity contribution in [3.05, 3.63) is 93.5 Å². The van der Waals surface area contributed by atoms with Crippen molar-refractivity contribution in [2.24, 2.45) is 10.7 Å². The molecule has 3 aromatic rings. The van der Waals surface area contributed by atoms with Crippen molar-refractivity contribution in [3.8, 4) is 0 Å². The topological polar surface area (TPSA) is 120 Å². The Kier molecular flexibility index (Phi) is 11.4. The molecular formula is C32H35BrF3N5O3. The predicted octanol–water partition coefficient (Wildman–Crippen LogP) is 7.11. The number of carboxylic acids is 1. The van der Waals surface area contributed by atoms with Crippen molar-refractivity contribution >= 4 is 45.1 Å². The second-order valence-electron chi connectivity index (χ2n) is 10.6. The number of guanidine groups is 1. The molecule has 12 heteroatoms. The quantitative estimate of drug-likeness (QED) is 0.134. The van der Waals surface area contributed by atoms with E-state index in [1.54, 1.807) is 24.3 Å². The third-order valence-corrected chi connectivity index (χ3v) is 7.90. The highest BCUT2D eigenvalue weighted by molar-refractivity contribution is 9.10. The molecule has 1 amide bonds. The highest BCUT2D eigenvalue weighted by Gasteiger charge is 2.31. The Labute approximate surface area is 262 Å². The zero-order chi connectivity index (χ0) is 31.7. The molecule has 0 aromatic heterocycles. The van der Waals surface area contributed by atoms with Crippen molar-refractivity contribution in [2.45, 2.75) is 57.2 Å². The van der Waals surface area contributed by atoms with Crippen LogP contribution in [0.4, 0.5) is 24.5 Å². The van der Waals surface area contributed by atoms with E-state index < -0.39 is 23.6 Å². The molecule has 0 unspecified atom stereocenters. The molecule has 5 N–H and O–H groups in total. The zero-order valence-corrected chi connectivity index (χ0v) is 25.6. The van der Waals surface area contributed by atoms with E-state index in [0.29, 0.717) is 11.5 Å². The summed E-state index contributed by atoms with van der Waals surface area (Å²) >= 11 is 3.18. The Morgan fingerprint density at radius 2 is 1.68 bits per heavy atom. The summed E-state index contributed by atoms with van der Waals surface area (Å²) in [6.07, 6.45) is 1.22. The summed E-state index contributed by atoms with van der Waals surface area (Å²) in [4.78, 5) is 29.4. The molecule has 1 saturated carbocycles. The largest absolute Gasteiger partial charge is 0.481 e. The van der Waals surface area contributed by atoms with Crippen molar-refractivity contribution in [2.75, 3.05) is 23.4 Å². The number of alkyl halides is 3. The minimum Gasteiger partial charge on any atom is -0.481 e. The second-order valence-corrected chi connectivity index (χ2v) is 11.5. The van der Waals surface area contributed by atoms with Crippen molar-refractivity contribution < 1.29 is 27.9 Å². The van der Waals surface area contributed by atoms with Crippen LogP contribution in [0.15, 0.2) is 76.2 Å². The van der Waals surface area contributed by atoms with Gasteiger partial charge in [0.15, 0.2) is 0 Å². The van der Waals surface area contributed by atoms with Crippen LogP contribution < -0.4 is 21.3 Å². The first-order chi connectivity index (χ1) is 21.0. The zero-order valence-electron chi connectivity index (χ0n) is 24.0. The number of hydrogen-bond acceptors (Lipinski definition) is 4. The number of amides is 1. The lowest BCUT2D eigenvalue weighted by molar-refractivity contribution is -0.138. The predicted molar refractivity (Wildman–Crippen MR) is 169 cm³/mol. The van der Waals surface area contributed by atoms with Crippen molar-refractivity contribution in [1.82, 2.24) is 5.32 Å². The number of nitrogens with two attached hydrogens (primary N) is 1. The fourth-order valence-electron chi connectivity index (χ4n) is 5.21. The van der Waals surface area contributed by atoms with Gasteiger partial charge in [0, 0.05) is 28.0 Å². The van der Waals surface area contributed by atoms with E-state index in [4.69, 9.17) is 10.8 Å². The monoisotopic (exact) mass is 673 g/mol. The standard InChI is InChI=1S/C32H35BrF3N5O3/c33-26-16-25(32(34,35)36)17-27(18-26)40-31(39-20-37)41(28-12-10-23(11-13-28)22-4-2-1-3-5-22)19-21-6-8-24(9-7-21)30(44)38-15-14-29(42)43/h6-13,16-18,22H,1-5,14-15,19-20,37H2,(H,38,44)(H,39,40)(H,42,43). The van der Waals surface area contributed by atoms with E-state index in [2.05, 4.69) is 43.7 Å². The molecule has 0 radical (unpaired) electrons. The molecule has 4 rings (SSSR count). The van der Waals surface area contributed by atoms with Crippen molar-refractivity contribution in [3.63, 3.8) is 0 Å². The molecule has 0 bridgehead atoms. The van der Waals surface area contributed by atoms with Gasteiger partial charge in [0.05, 0.1) is 25.2 Å². The summed E-state index contributed by atoms with van der Waals surface area (Å²) in [6.45, 7) is 0.154.